The van der Waals surface area contributed by atoms with E-state index in [1.165, 1.54) is 29.2 Å². The van der Waals surface area contributed by atoms with Crippen LogP contribution in [-0.2, 0) is 16.0 Å². The summed E-state index contributed by atoms with van der Waals surface area (Å²) in [5.74, 6) is -1.66. The molecule has 2 atom stereocenters. The van der Waals surface area contributed by atoms with Crippen molar-refractivity contribution in [3.63, 3.8) is 0 Å². The van der Waals surface area contributed by atoms with Crippen LogP contribution in [0.1, 0.15) is 38.7 Å². The molecule has 0 radical (unpaired) electrons. The molecule has 142 valence electrons. The van der Waals surface area contributed by atoms with Gasteiger partial charge in [-0.25, -0.2) is 4.39 Å². The van der Waals surface area contributed by atoms with E-state index < -0.39 is 23.3 Å². The van der Waals surface area contributed by atoms with Gasteiger partial charge in [-0.15, -0.1) is 0 Å². The van der Waals surface area contributed by atoms with E-state index in [0.717, 1.165) is 5.57 Å². The van der Waals surface area contributed by atoms with Crippen molar-refractivity contribution in [1.29, 1.82) is 0 Å². The third-order valence-electron chi connectivity index (χ3n) is 4.91. The van der Waals surface area contributed by atoms with Crippen molar-refractivity contribution in [3.8, 4) is 0 Å². The lowest BCUT2D eigenvalue weighted by atomic mass is 9.72. The highest BCUT2D eigenvalue weighted by Crippen LogP contribution is 2.35. The van der Waals surface area contributed by atoms with Gasteiger partial charge in [0.15, 0.2) is 0 Å². The van der Waals surface area contributed by atoms with E-state index in [-0.39, 0.29) is 25.3 Å². The first-order chi connectivity index (χ1) is 12.2. The number of carboxylic acid groups (broad SMARTS) is 1. The number of aliphatic carboxylic acids is 1. The molecule has 0 aromatic heterocycles. The maximum Gasteiger partial charge on any atom is 0.314 e. The number of aliphatic hydroxyl groups is 1. The summed E-state index contributed by atoms with van der Waals surface area (Å²) < 4.78 is 13.1. The normalized spacial score (nSPS) is 22.8. The maximum atomic E-state index is 13.1. The van der Waals surface area contributed by atoms with E-state index in [4.69, 9.17) is 0 Å². The molecule has 0 aliphatic carbocycles. The highest BCUT2D eigenvalue weighted by atomic mass is 19.1. The second-order valence-corrected chi connectivity index (χ2v) is 7.20. The van der Waals surface area contributed by atoms with Gasteiger partial charge in [0.1, 0.15) is 11.2 Å². The molecule has 0 bridgehead atoms. The fraction of sp³-hybridized carbons (Fsp3) is 0.500. The Morgan fingerprint density at radius 3 is 2.54 bits per heavy atom. The quantitative estimate of drug-likeness (QED) is 0.762. The molecule has 0 unspecified atom stereocenters. The van der Waals surface area contributed by atoms with Gasteiger partial charge < -0.3 is 15.1 Å². The van der Waals surface area contributed by atoms with Crippen LogP contribution in [0.3, 0.4) is 0 Å². The number of amides is 1. The third-order valence-corrected chi connectivity index (χ3v) is 4.91. The van der Waals surface area contributed by atoms with Crippen molar-refractivity contribution in [2.24, 2.45) is 5.41 Å². The highest BCUT2D eigenvalue weighted by molar-refractivity contribution is 5.80. The third kappa shape index (κ3) is 4.69. The Morgan fingerprint density at radius 2 is 1.96 bits per heavy atom. The summed E-state index contributed by atoms with van der Waals surface area (Å²) in [4.78, 5) is 26.0. The lowest BCUT2D eigenvalue weighted by Crippen LogP contribution is -2.58. The molecule has 1 aromatic rings. The Kier molecular flexibility index (Phi) is 6.53. The molecular weight excluding hydrogens is 337 g/mol. The molecule has 0 spiro atoms. The number of carboxylic acids is 1. The van der Waals surface area contributed by atoms with Crippen molar-refractivity contribution in [2.75, 3.05) is 13.1 Å². The Morgan fingerprint density at radius 1 is 1.31 bits per heavy atom. The van der Waals surface area contributed by atoms with Gasteiger partial charge in [-0.1, -0.05) is 23.8 Å². The number of allylic oxidation sites excluding steroid dienone is 2. The summed E-state index contributed by atoms with van der Waals surface area (Å²) in [6.07, 6.45) is 2.08. The van der Waals surface area contributed by atoms with Crippen LogP contribution >= 0.6 is 0 Å². The number of hydrogen-bond acceptors (Lipinski definition) is 3. The molecule has 1 fully saturated rings. The highest BCUT2D eigenvalue weighted by Gasteiger charge is 2.50. The smallest absolute Gasteiger partial charge is 0.314 e. The minimum absolute atomic E-state index is 0.0432. The van der Waals surface area contributed by atoms with Gasteiger partial charge in [-0.2, -0.15) is 0 Å². The van der Waals surface area contributed by atoms with Crippen LogP contribution in [0.2, 0.25) is 0 Å². The van der Waals surface area contributed by atoms with Gasteiger partial charge in [0, 0.05) is 19.5 Å². The zero-order chi connectivity index (χ0) is 19.3. The average molecular weight is 363 g/mol. The van der Waals surface area contributed by atoms with Crippen LogP contribution in [0, 0.1) is 11.2 Å². The number of nitrogens with zero attached hydrogens (tertiary/aromatic N) is 1. The molecule has 2 N–H and O–H groups in total. The molecule has 1 aliphatic rings. The zero-order valence-electron chi connectivity index (χ0n) is 15.2. The molecule has 6 heteroatoms. The first kappa shape index (κ1) is 20.1. The monoisotopic (exact) mass is 363 g/mol. The van der Waals surface area contributed by atoms with Gasteiger partial charge in [0.25, 0.3) is 0 Å². The Hall–Kier alpha value is -2.21. The number of aliphatic hydroxyl groups excluding tert-OH is 1. The lowest BCUT2D eigenvalue weighted by Gasteiger charge is -2.43. The second-order valence-electron chi connectivity index (χ2n) is 7.20. The number of halogens is 1. The predicted molar refractivity (Wildman–Crippen MR) is 96.0 cm³/mol. The van der Waals surface area contributed by atoms with Gasteiger partial charge in [0.05, 0.1) is 6.10 Å². The Labute approximate surface area is 153 Å². The summed E-state index contributed by atoms with van der Waals surface area (Å²) in [5, 5.41) is 20.3. The molecule has 1 amide bonds. The molecule has 0 saturated carbocycles. The zero-order valence-corrected chi connectivity index (χ0v) is 15.2. The van der Waals surface area contributed by atoms with Crippen LogP contribution in [0.4, 0.5) is 4.39 Å². The number of likely N-dealkylation sites (tertiary alicyclic amines) is 1. The maximum absolute atomic E-state index is 13.1. The van der Waals surface area contributed by atoms with Crippen LogP contribution in [-0.4, -0.2) is 46.2 Å². The van der Waals surface area contributed by atoms with Crippen molar-refractivity contribution >= 4 is 11.9 Å². The van der Waals surface area contributed by atoms with E-state index in [9.17, 15) is 24.2 Å². The van der Waals surface area contributed by atoms with Crippen molar-refractivity contribution in [1.82, 2.24) is 4.90 Å². The van der Waals surface area contributed by atoms with E-state index in [2.05, 4.69) is 0 Å². The number of carbonyl (C=O) groups excluding carboxylic acids is 1. The van der Waals surface area contributed by atoms with Crippen molar-refractivity contribution in [3.05, 3.63) is 47.3 Å². The molecule has 26 heavy (non-hydrogen) atoms. The van der Waals surface area contributed by atoms with Crippen LogP contribution < -0.4 is 0 Å². The summed E-state index contributed by atoms with van der Waals surface area (Å²) in [6.45, 7) is 4.21. The summed E-state index contributed by atoms with van der Waals surface area (Å²) >= 11 is 0. The minimum atomic E-state index is -1.48. The van der Waals surface area contributed by atoms with Crippen LogP contribution in [0.15, 0.2) is 35.9 Å². The summed E-state index contributed by atoms with van der Waals surface area (Å²) in [5.41, 5.74) is 0.261. The fourth-order valence-corrected chi connectivity index (χ4v) is 3.36. The second kappa shape index (κ2) is 8.45. The standard InChI is InChI=1S/C20H26FNO4/c1-14(2)4-3-5-18(24)22-11-10-17(23)20(13-22,19(25)26)12-15-6-8-16(21)9-7-15/h4,6-9,17,23H,3,5,10-13H2,1-2H3,(H,25,26)/t17-,20-/m1/s1. The first-order valence-electron chi connectivity index (χ1n) is 8.81. The number of hydrogen-bond donors (Lipinski definition) is 2. The molecule has 5 nitrogen and oxygen atoms in total. The van der Waals surface area contributed by atoms with E-state index >= 15 is 0 Å². The van der Waals surface area contributed by atoms with Gasteiger partial charge in [-0.3, -0.25) is 9.59 Å². The summed E-state index contributed by atoms with van der Waals surface area (Å²) in [6, 6.07) is 5.56. The van der Waals surface area contributed by atoms with E-state index in [1.807, 2.05) is 19.9 Å². The van der Waals surface area contributed by atoms with Crippen LogP contribution in [0.5, 0.6) is 0 Å². The number of piperidine rings is 1. The molecule has 1 aliphatic heterocycles. The summed E-state index contributed by atoms with van der Waals surface area (Å²) in [7, 11) is 0. The number of carbonyl (C=O) groups is 2. The molecule has 1 heterocycles. The largest absolute Gasteiger partial charge is 0.481 e. The van der Waals surface area contributed by atoms with Crippen LogP contribution in [0.25, 0.3) is 0 Å². The van der Waals surface area contributed by atoms with E-state index in [1.54, 1.807) is 0 Å². The first-order valence-corrected chi connectivity index (χ1v) is 8.81. The molecule has 2 rings (SSSR count). The van der Waals surface area contributed by atoms with Gasteiger partial charge >= 0.3 is 5.97 Å². The number of benzene rings is 1. The predicted octanol–water partition coefficient (Wildman–Crippen LogP) is 2.78. The topological polar surface area (TPSA) is 77.8 Å². The molecule has 1 aromatic carbocycles. The van der Waals surface area contributed by atoms with Gasteiger partial charge in [0.2, 0.25) is 5.91 Å². The number of rotatable bonds is 6. The van der Waals surface area contributed by atoms with Gasteiger partial charge in [-0.05, 0) is 50.8 Å². The SMILES string of the molecule is CC(C)=CCCC(=O)N1CC[C@@H](O)[C@](Cc2ccc(F)cc2)(C(=O)O)C1. The fourth-order valence-electron chi connectivity index (χ4n) is 3.36. The van der Waals surface area contributed by atoms with E-state index in [0.29, 0.717) is 24.9 Å². The minimum Gasteiger partial charge on any atom is -0.481 e. The van der Waals surface area contributed by atoms with Crippen molar-refractivity contribution < 1.29 is 24.2 Å². The lowest BCUT2D eigenvalue weighted by molar-refractivity contribution is -0.165. The Bertz CT molecular complexity index is 682. The Balaban J connectivity index is 2.17. The van der Waals surface area contributed by atoms with Crippen molar-refractivity contribution in [2.45, 2.75) is 45.6 Å². The molecular formula is C20H26FNO4. The average Bonchev–Trinajstić information content (AvgIpc) is 2.58. The molecule has 1 saturated heterocycles.